The minimum absolute atomic E-state index is 0.0228. The zero-order chi connectivity index (χ0) is 20.3. The van der Waals surface area contributed by atoms with E-state index in [-0.39, 0.29) is 29.9 Å². The van der Waals surface area contributed by atoms with E-state index in [1.54, 1.807) is 16.7 Å². The second-order valence-corrected chi connectivity index (χ2v) is 7.64. The summed E-state index contributed by atoms with van der Waals surface area (Å²) in [6.07, 6.45) is 1.53. The van der Waals surface area contributed by atoms with Crippen molar-refractivity contribution in [3.05, 3.63) is 29.3 Å². The van der Waals surface area contributed by atoms with Crippen LogP contribution in [0.4, 0.5) is 10.5 Å². The van der Waals surface area contributed by atoms with Gasteiger partial charge in [0.05, 0.1) is 18.6 Å². The van der Waals surface area contributed by atoms with Gasteiger partial charge in [0.15, 0.2) is 0 Å². The third kappa shape index (κ3) is 4.46. The van der Waals surface area contributed by atoms with Crippen molar-refractivity contribution in [3.63, 3.8) is 0 Å². The van der Waals surface area contributed by atoms with Crippen LogP contribution in [-0.2, 0) is 14.3 Å². The summed E-state index contributed by atoms with van der Waals surface area (Å²) in [6.45, 7) is 7.77. The SMILES string of the molecule is CCOC(=O)C1CCN(C(=O)N[C@@H]2CC(=O)N(c3ccc(C)c(C)c3)C2)CC1. The molecular weight excluding hydrogens is 358 g/mol. The number of aryl methyl sites for hydroxylation is 2. The van der Waals surface area contributed by atoms with E-state index >= 15 is 0 Å². The maximum absolute atomic E-state index is 12.6. The molecule has 2 aliphatic heterocycles. The average molecular weight is 387 g/mol. The molecule has 0 radical (unpaired) electrons. The number of carbonyl (C=O) groups is 3. The molecule has 0 aromatic heterocycles. The molecule has 28 heavy (non-hydrogen) atoms. The van der Waals surface area contributed by atoms with Gasteiger partial charge in [-0.05, 0) is 56.9 Å². The summed E-state index contributed by atoms with van der Waals surface area (Å²) < 4.78 is 5.07. The third-order valence-corrected chi connectivity index (χ3v) is 5.66. The van der Waals surface area contributed by atoms with Crippen LogP contribution in [0.1, 0.15) is 37.3 Å². The van der Waals surface area contributed by atoms with E-state index in [9.17, 15) is 14.4 Å². The lowest BCUT2D eigenvalue weighted by molar-refractivity contribution is -0.149. The Balaban J connectivity index is 1.52. The second kappa shape index (κ2) is 8.63. The summed E-state index contributed by atoms with van der Waals surface area (Å²) in [4.78, 5) is 40.3. The number of ether oxygens (including phenoxy) is 1. The molecule has 0 unspecified atom stereocenters. The van der Waals surface area contributed by atoms with Crippen LogP contribution < -0.4 is 10.2 Å². The number of hydrogen-bond donors (Lipinski definition) is 1. The Morgan fingerprint density at radius 3 is 2.54 bits per heavy atom. The van der Waals surface area contributed by atoms with E-state index in [2.05, 4.69) is 5.32 Å². The lowest BCUT2D eigenvalue weighted by atomic mass is 9.97. The fourth-order valence-electron chi connectivity index (χ4n) is 3.79. The summed E-state index contributed by atoms with van der Waals surface area (Å²) in [6, 6.07) is 5.60. The number of nitrogens with one attached hydrogen (secondary N) is 1. The lowest BCUT2D eigenvalue weighted by Crippen LogP contribution is -2.49. The van der Waals surface area contributed by atoms with Gasteiger partial charge in [-0.25, -0.2) is 4.79 Å². The molecular formula is C21H29N3O4. The van der Waals surface area contributed by atoms with Gasteiger partial charge in [-0.1, -0.05) is 6.07 Å². The number of likely N-dealkylation sites (tertiary alicyclic amines) is 1. The van der Waals surface area contributed by atoms with Gasteiger partial charge in [-0.3, -0.25) is 9.59 Å². The van der Waals surface area contributed by atoms with Crippen molar-refractivity contribution in [1.29, 1.82) is 0 Å². The highest BCUT2D eigenvalue weighted by Gasteiger charge is 2.34. The molecule has 0 bridgehead atoms. The molecule has 2 saturated heterocycles. The van der Waals surface area contributed by atoms with Crippen molar-refractivity contribution in [2.45, 2.75) is 46.1 Å². The fraction of sp³-hybridized carbons (Fsp3) is 0.571. The minimum Gasteiger partial charge on any atom is -0.466 e. The van der Waals surface area contributed by atoms with E-state index < -0.39 is 0 Å². The van der Waals surface area contributed by atoms with Gasteiger partial charge < -0.3 is 19.9 Å². The minimum atomic E-state index is -0.204. The molecule has 7 nitrogen and oxygen atoms in total. The van der Waals surface area contributed by atoms with Gasteiger partial charge in [0.2, 0.25) is 5.91 Å². The molecule has 2 aliphatic rings. The maximum atomic E-state index is 12.6. The van der Waals surface area contributed by atoms with E-state index in [1.807, 2.05) is 32.0 Å². The zero-order valence-electron chi connectivity index (χ0n) is 16.9. The number of piperidine rings is 1. The van der Waals surface area contributed by atoms with Crippen LogP contribution in [0, 0.1) is 19.8 Å². The smallest absolute Gasteiger partial charge is 0.317 e. The number of hydrogen-bond acceptors (Lipinski definition) is 4. The van der Waals surface area contributed by atoms with E-state index in [1.165, 1.54) is 5.56 Å². The zero-order valence-corrected chi connectivity index (χ0v) is 16.9. The van der Waals surface area contributed by atoms with Crippen LogP contribution in [0.5, 0.6) is 0 Å². The Kier molecular flexibility index (Phi) is 6.21. The Morgan fingerprint density at radius 2 is 1.89 bits per heavy atom. The Labute approximate surface area is 166 Å². The van der Waals surface area contributed by atoms with Gasteiger partial charge in [0.25, 0.3) is 0 Å². The first-order chi connectivity index (χ1) is 13.4. The highest BCUT2D eigenvalue weighted by molar-refractivity contribution is 5.97. The summed E-state index contributed by atoms with van der Waals surface area (Å²) in [5, 5.41) is 2.98. The summed E-state index contributed by atoms with van der Waals surface area (Å²) in [5.41, 5.74) is 3.20. The predicted molar refractivity (Wildman–Crippen MR) is 106 cm³/mol. The van der Waals surface area contributed by atoms with Crippen LogP contribution in [-0.4, -0.2) is 55.1 Å². The van der Waals surface area contributed by atoms with Crippen LogP contribution >= 0.6 is 0 Å². The summed E-state index contributed by atoms with van der Waals surface area (Å²) in [5.74, 6) is -0.278. The summed E-state index contributed by atoms with van der Waals surface area (Å²) in [7, 11) is 0. The first-order valence-corrected chi connectivity index (χ1v) is 9.98. The van der Waals surface area contributed by atoms with Gasteiger partial charge >= 0.3 is 12.0 Å². The number of urea groups is 1. The van der Waals surface area contributed by atoms with Gasteiger partial charge in [-0.15, -0.1) is 0 Å². The standard InChI is InChI=1S/C21H29N3O4/c1-4-28-20(26)16-7-9-23(10-8-16)21(27)22-17-12-19(25)24(13-17)18-6-5-14(2)15(3)11-18/h5-6,11,16-17H,4,7-10,12-13H2,1-3H3,(H,22,27)/t17-/m1/s1. The van der Waals surface area contributed by atoms with Crippen LogP contribution in [0.25, 0.3) is 0 Å². The Morgan fingerprint density at radius 1 is 1.18 bits per heavy atom. The number of benzene rings is 1. The largest absolute Gasteiger partial charge is 0.466 e. The number of amides is 3. The third-order valence-electron chi connectivity index (χ3n) is 5.66. The van der Waals surface area contributed by atoms with Gasteiger partial charge in [0, 0.05) is 31.7 Å². The number of esters is 1. The van der Waals surface area contributed by atoms with Crippen molar-refractivity contribution in [3.8, 4) is 0 Å². The molecule has 152 valence electrons. The first kappa shape index (κ1) is 20.2. The average Bonchev–Trinajstić information content (AvgIpc) is 3.04. The number of rotatable bonds is 4. The van der Waals surface area contributed by atoms with Crippen LogP contribution in [0.3, 0.4) is 0 Å². The van der Waals surface area contributed by atoms with Gasteiger partial charge in [0.1, 0.15) is 0 Å². The monoisotopic (exact) mass is 387 g/mol. The molecule has 1 atom stereocenters. The Hall–Kier alpha value is -2.57. The molecule has 1 aromatic carbocycles. The van der Waals surface area contributed by atoms with E-state index in [4.69, 9.17) is 4.74 Å². The first-order valence-electron chi connectivity index (χ1n) is 9.98. The molecule has 0 spiro atoms. The predicted octanol–water partition coefficient (Wildman–Crippen LogP) is 2.39. The van der Waals surface area contributed by atoms with Crippen molar-refractivity contribution in [1.82, 2.24) is 10.2 Å². The lowest BCUT2D eigenvalue weighted by Gasteiger charge is -2.31. The van der Waals surface area contributed by atoms with Crippen molar-refractivity contribution < 1.29 is 19.1 Å². The molecule has 1 aromatic rings. The van der Waals surface area contributed by atoms with Crippen LogP contribution in [0.2, 0.25) is 0 Å². The molecule has 3 amide bonds. The van der Waals surface area contributed by atoms with Crippen molar-refractivity contribution >= 4 is 23.6 Å². The van der Waals surface area contributed by atoms with E-state index in [0.29, 0.717) is 45.5 Å². The summed E-state index contributed by atoms with van der Waals surface area (Å²) >= 11 is 0. The quantitative estimate of drug-likeness (QED) is 0.805. The highest BCUT2D eigenvalue weighted by atomic mass is 16.5. The molecule has 0 aliphatic carbocycles. The fourth-order valence-corrected chi connectivity index (χ4v) is 3.79. The molecule has 7 heteroatoms. The molecule has 1 N–H and O–H groups in total. The normalized spacial score (nSPS) is 20.4. The second-order valence-electron chi connectivity index (χ2n) is 7.64. The topological polar surface area (TPSA) is 79.0 Å². The molecule has 2 heterocycles. The highest BCUT2D eigenvalue weighted by Crippen LogP contribution is 2.24. The van der Waals surface area contributed by atoms with Crippen LogP contribution in [0.15, 0.2) is 18.2 Å². The number of anilines is 1. The van der Waals surface area contributed by atoms with Gasteiger partial charge in [-0.2, -0.15) is 0 Å². The van der Waals surface area contributed by atoms with Crippen molar-refractivity contribution in [2.75, 3.05) is 31.1 Å². The number of carbonyl (C=O) groups excluding carboxylic acids is 3. The maximum Gasteiger partial charge on any atom is 0.317 e. The number of nitrogens with zero attached hydrogens (tertiary/aromatic N) is 2. The van der Waals surface area contributed by atoms with Crippen molar-refractivity contribution in [2.24, 2.45) is 5.92 Å². The molecule has 3 rings (SSSR count). The molecule has 0 saturated carbocycles. The van der Waals surface area contributed by atoms with E-state index in [0.717, 1.165) is 11.3 Å². The molecule has 2 fully saturated rings. The Bertz CT molecular complexity index is 756.